The van der Waals surface area contributed by atoms with Crippen molar-refractivity contribution in [1.29, 1.82) is 0 Å². The molecule has 3 rings (SSSR count). The molecule has 1 fully saturated rings. The zero-order valence-corrected chi connectivity index (χ0v) is 16.5. The van der Waals surface area contributed by atoms with Gasteiger partial charge in [0.25, 0.3) is 0 Å². The fraction of sp³-hybridized carbons (Fsp3) is 0.391. The number of benzene rings is 2. The Bertz CT molecular complexity index is 809. The molecule has 2 aromatic rings. The molecule has 28 heavy (non-hydrogen) atoms. The molecule has 0 aliphatic carbocycles. The average molecular weight is 380 g/mol. The van der Waals surface area contributed by atoms with E-state index in [2.05, 4.69) is 36.6 Å². The van der Waals surface area contributed by atoms with Gasteiger partial charge in [0.2, 0.25) is 11.8 Å². The molecule has 2 aromatic carbocycles. The second-order valence-corrected chi connectivity index (χ2v) is 7.93. The molecule has 5 heteroatoms. The summed E-state index contributed by atoms with van der Waals surface area (Å²) in [5.41, 5.74) is 7.50. The van der Waals surface area contributed by atoms with Crippen LogP contribution in [0.25, 0.3) is 0 Å². The van der Waals surface area contributed by atoms with Crippen molar-refractivity contribution < 1.29 is 9.59 Å². The van der Waals surface area contributed by atoms with Crippen LogP contribution in [0, 0.1) is 5.41 Å². The van der Waals surface area contributed by atoms with E-state index >= 15 is 0 Å². The third-order valence-corrected chi connectivity index (χ3v) is 6.17. The highest BCUT2D eigenvalue weighted by atomic mass is 16.2. The lowest BCUT2D eigenvalue weighted by molar-refractivity contribution is -0.130. The number of nitrogens with two attached hydrogens (primary N) is 1. The van der Waals surface area contributed by atoms with Crippen LogP contribution in [-0.4, -0.2) is 30.4 Å². The van der Waals surface area contributed by atoms with Crippen LogP contribution in [0.15, 0.2) is 60.7 Å². The Hall–Kier alpha value is -2.66. The molecule has 1 heterocycles. The van der Waals surface area contributed by atoms with Gasteiger partial charge in [-0.25, -0.2) is 0 Å². The second-order valence-electron chi connectivity index (χ2n) is 7.93. The summed E-state index contributed by atoms with van der Waals surface area (Å²) in [7, 11) is 0. The maximum atomic E-state index is 13.1. The molecule has 0 spiro atoms. The van der Waals surface area contributed by atoms with Crippen molar-refractivity contribution in [2.75, 3.05) is 6.54 Å². The van der Waals surface area contributed by atoms with Crippen molar-refractivity contribution in [2.45, 2.75) is 44.7 Å². The number of hydrogen-bond acceptors (Lipinski definition) is 3. The van der Waals surface area contributed by atoms with E-state index in [1.807, 2.05) is 48.5 Å². The van der Waals surface area contributed by atoms with Crippen LogP contribution < -0.4 is 16.4 Å². The van der Waals surface area contributed by atoms with Crippen LogP contribution in [0.3, 0.4) is 0 Å². The lowest BCUT2D eigenvalue weighted by Gasteiger charge is -2.37. The van der Waals surface area contributed by atoms with Crippen molar-refractivity contribution in [2.24, 2.45) is 11.1 Å². The Balaban J connectivity index is 1.75. The molecule has 4 atom stereocenters. The minimum absolute atomic E-state index is 0.164. The maximum Gasteiger partial charge on any atom is 0.240 e. The summed E-state index contributed by atoms with van der Waals surface area (Å²) < 4.78 is 0. The van der Waals surface area contributed by atoms with Gasteiger partial charge in [0, 0.05) is 6.42 Å². The highest BCUT2D eigenvalue weighted by molar-refractivity contribution is 5.90. The number of nitrogens with one attached hydrogen (secondary N) is 2. The van der Waals surface area contributed by atoms with Crippen molar-refractivity contribution >= 4 is 11.8 Å². The van der Waals surface area contributed by atoms with Gasteiger partial charge in [0.15, 0.2) is 0 Å². The number of carbonyl (C=O) groups excluding carboxylic acids is 2. The Kier molecular flexibility index (Phi) is 6.15. The number of hydrogen-bond donors (Lipinski definition) is 3. The van der Waals surface area contributed by atoms with E-state index in [1.54, 1.807) is 0 Å². The van der Waals surface area contributed by atoms with Gasteiger partial charge in [0.05, 0.1) is 6.04 Å². The topological polar surface area (TPSA) is 84.2 Å². The summed E-state index contributed by atoms with van der Waals surface area (Å²) in [6.07, 6.45) is 1.28. The third kappa shape index (κ3) is 4.25. The predicted molar refractivity (Wildman–Crippen MR) is 111 cm³/mol. The minimum Gasteiger partial charge on any atom is -0.368 e. The van der Waals surface area contributed by atoms with E-state index in [0.29, 0.717) is 6.42 Å². The van der Waals surface area contributed by atoms with Gasteiger partial charge in [-0.3, -0.25) is 9.59 Å². The van der Waals surface area contributed by atoms with Gasteiger partial charge < -0.3 is 16.4 Å². The number of primary amides is 1. The van der Waals surface area contributed by atoms with Gasteiger partial charge in [-0.2, -0.15) is 0 Å². The van der Waals surface area contributed by atoms with Crippen molar-refractivity contribution in [3.05, 3.63) is 71.8 Å². The molecule has 4 unspecified atom stereocenters. The highest BCUT2D eigenvalue weighted by Gasteiger charge is 2.47. The Labute approximate surface area is 166 Å². The molecule has 0 bridgehead atoms. The normalized spacial score (nSPS) is 23.7. The van der Waals surface area contributed by atoms with Crippen LogP contribution in [0.2, 0.25) is 0 Å². The minimum atomic E-state index is -0.728. The number of amides is 2. The molecule has 5 nitrogen and oxygen atoms in total. The Morgan fingerprint density at radius 3 is 2.36 bits per heavy atom. The fourth-order valence-electron chi connectivity index (χ4n) is 4.17. The zero-order chi connectivity index (χ0) is 20.1. The van der Waals surface area contributed by atoms with Gasteiger partial charge in [-0.05, 0) is 35.4 Å². The first-order valence-electron chi connectivity index (χ1n) is 9.84. The molecule has 1 aliphatic heterocycles. The summed E-state index contributed by atoms with van der Waals surface area (Å²) >= 11 is 0. The van der Waals surface area contributed by atoms with Gasteiger partial charge in [-0.1, -0.05) is 74.5 Å². The van der Waals surface area contributed by atoms with E-state index < -0.39 is 11.9 Å². The average Bonchev–Trinajstić information content (AvgIpc) is 3.11. The van der Waals surface area contributed by atoms with Crippen LogP contribution in [0.1, 0.15) is 37.3 Å². The first-order valence-corrected chi connectivity index (χ1v) is 9.84. The molecule has 0 aromatic heterocycles. The lowest BCUT2D eigenvalue weighted by atomic mass is 9.69. The van der Waals surface area contributed by atoms with E-state index in [4.69, 9.17) is 5.73 Å². The van der Waals surface area contributed by atoms with Crippen LogP contribution in [-0.2, 0) is 16.0 Å². The molecule has 148 valence electrons. The van der Waals surface area contributed by atoms with E-state index in [1.165, 1.54) is 5.56 Å². The maximum absolute atomic E-state index is 13.1. The molecule has 2 amide bonds. The standard InChI is InChI=1S/C23H29N3O2/c1-16(18-11-7-4-8-12-18)23(2)13-14-25-20(23)22(28)26-19(21(24)27)15-17-9-5-3-6-10-17/h3-12,16,19-20,25H,13-15H2,1-2H3,(H2,24,27)(H,26,28). The van der Waals surface area contributed by atoms with Gasteiger partial charge >= 0.3 is 0 Å². The van der Waals surface area contributed by atoms with Crippen LogP contribution in [0.5, 0.6) is 0 Å². The smallest absolute Gasteiger partial charge is 0.240 e. The largest absolute Gasteiger partial charge is 0.368 e. The summed E-state index contributed by atoms with van der Waals surface area (Å²) in [6, 6.07) is 18.7. The molecule has 0 radical (unpaired) electrons. The SMILES string of the molecule is CC(c1ccccc1)C1(C)CCNC1C(=O)NC(Cc1ccccc1)C(N)=O. The Morgan fingerprint density at radius 2 is 1.75 bits per heavy atom. The predicted octanol–water partition coefficient (Wildman–Crippen LogP) is 2.37. The zero-order valence-electron chi connectivity index (χ0n) is 16.5. The summed E-state index contributed by atoms with van der Waals surface area (Å²) in [6.45, 7) is 5.08. The molecule has 4 N–H and O–H groups in total. The van der Waals surface area contributed by atoms with Crippen LogP contribution >= 0.6 is 0 Å². The van der Waals surface area contributed by atoms with Crippen molar-refractivity contribution in [1.82, 2.24) is 10.6 Å². The highest BCUT2D eigenvalue weighted by Crippen LogP contribution is 2.44. The number of carbonyl (C=O) groups is 2. The monoisotopic (exact) mass is 379 g/mol. The summed E-state index contributed by atoms with van der Waals surface area (Å²) in [5, 5.41) is 6.23. The molecular weight excluding hydrogens is 350 g/mol. The second kappa shape index (κ2) is 8.57. The molecule has 1 aliphatic rings. The van der Waals surface area contributed by atoms with Crippen LogP contribution in [0.4, 0.5) is 0 Å². The third-order valence-electron chi connectivity index (χ3n) is 6.17. The van der Waals surface area contributed by atoms with Gasteiger partial charge in [0.1, 0.15) is 6.04 Å². The van der Waals surface area contributed by atoms with E-state index in [9.17, 15) is 9.59 Å². The van der Waals surface area contributed by atoms with Crippen molar-refractivity contribution in [3.63, 3.8) is 0 Å². The quantitative estimate of drug-likeness (QED) is 0.690. The lowest BCUT2D eigenvalue weighted by Crippen LogP contribution is -2.55. The van der Waals surface area contributed by atoms with E-state index in [0.717, 1.165) is 18.5 Å². The van der Waals surface area contributed by atoms with Gasteiger partial charge in [-0.15, -0.1) is 0 Å². The molecule has 0 saturated carbocycles. The summed E-state index contributed by atoms with van der Waals surface area (Å²) in [4.78, 5) is 25.1. The first kappa shape index (κ1) is 20.1. The molecule has 1 saturated heterocycles. The Morgan fingerprint density at radius 1 is 1.14 bits per heavy atom. The number of rotatable bonds is 7. The summed E-state index contributed by atoms with van der Waals surface area (Å²) in [5.74, 6) is -0.490. The fourth-order valence-corrected chi connectivity index (χ4v) is 4.17. The first-order chi connectivity index (χ1) is 13.4. The van der Waals surface area contributed by atoms with E-state index in [-0.39, 0.29) is 23.3 Å². The van der Waals surface area contributed by atoms with Crippen molar-refractivity contribution in [3.8, 4) is 0 Å². The molecular formula is C23H29N3O2.